The molecule has 1 N–H and O–H groups in total. The van der Waals surface area contributed by atoms with E-state index in [1.54, 1.807) is 0 Å². The van der Waals surface area contributed by atoms with Gasteiger partial charge in [0.15, 0.2) is 0 Å². The average Bonchev–Trinajstić information content (AvgIpc) is 3.42. The summed E-state index contributed by atoms with van der Waals surface area (Å²) < 4.78 is 13.1. The van der Waals surface area contributed by atoms with Crippen LogP contribution in [0.5, 0.6) is 11.8 Å². The Kier molecular flexibility index (Phi) is 14.6. The number of piperazine rings is 2. The van der Waals surface area contributed by atoms with Gasteiger partial charge in [-0.1, -0.05) is 73.3 Å². The number of likely N-dealkylation sites (N-methyl/N-ethyl adjacent to an activating group) is 2. The first-order chi connectivity index (χ1) is 35.6. The highest BCUT2D eigenvalue weighted by molar-refractivity contribution is 5.97. The Bertz CT molecular complexity index is 3100. The summed E-state index contributed by atoms with van der Waals surface area (Å²) in [6.45, 7) is 13.6. The molecule has 4 aromatic carbocycles. The van der Waals surface area contributed by atoms with Crippen LogP contribution in [0.2, 0.25) is 0 Å². The molecular weight excluding hydrogens is 913 g/mol. The number of pyridine rings is 2. The Balaban J connectivity index is 0.928. The molecule has 4 aliphatic rings. The molecular formula is C58H66N12O3. The fraction of sp³-hybridized carbons (Fsp3) is 0.397. The smallest absolute Gasteiger partial charge is 0.246 e. The number of nitriles is 2. The minimum absolute atomic E-state index is 0.0397. The van der Waals surface area contributed by atoms with Crippen molar-refractivity contribution in [2.75, 3.05) is 133 Å². The van der Waals surface area contributed by atoms with Crippen molar-refractivity contribution in [2.45, 2.75) is 38.4 Å². The van der Waals surface area contributed by atoms with Crippen LogP contribution in [0.4, 0.5) is 23.0 Å². The van der Waals surface area contributed by atoms with Gasteiger partial charge in [-0.25, -0.2) is 0 Å². The van der Waals surface area contributed by atoms with Crippen molar-refractivity contribution in [3.8, 4) is 23.9 Å². The summed E-state index contributed by atoms with van der Waals surface area (Å²) in [4.78, 5) is 38.2. The third kappa shape index (κ3) is 10.1. The second-order valence-electron chi connectivity index (χ2n) is 20.0. The Hall–Kier alpha value is -7.43. The third-order valence-electron chi connectivity index (χ3n) is 15.2. The van der Waals surface area contributed by atoms with Gasteiger partial charge in [-0.15, -0.1) is 0 Å². The highest BCUT2D eigenvalue weighted by Gasteiger charge is 2.33. The van der Waals surface area contributed by atoms with E-state index in [1.165, 1.54) is 28.1 Å². The molecule has 15 heteroatoms. The van der Waals surface area contributed by atoms with E-state index in [9.17, 15) is 15.3 Å². The van der Waals surface area contributed by atoms with Crippen LogP contribution in [0.25, 0.3) is 21.5 Å². The number of hydrogen-bond donors (Lipinski definition) is 1. The van der Waals surface area contributed by atoms with Crippen LogP contribution < -0.4 is 34.4 Å². The lowest BCUT2D eigenvalue weighted by Gasteiger charge is -2.39. The van der Waals surface area contributed by atoms with Crippen molar-refractivity contribution >= 4 is 50.5 Å². The first-order valence-electron chi connectivity index (χ1n) is 25.7. The van der Waals surface area contributed by atoms with Gasteiger partial charge in [-0.3, -0.25) is 4.79 Å². The number of ether oxygens (including phenoxy) is 2. The molecule has 2 fully saturated rings. The summed E-state index contributed by atoms with van der Waals surface area (Å²) in [5.74, 6) is 2.47. The van der Waals surface area contributed by atoms with Crippen LogP contribution in [0.15, 0.2) is 91.5 Å². The molecule has 2 saturated heterocycles. The zero-order valence-corrected chi connectivity index (χ0v) is 42.7. The second kappa shape index (κ2) is 21.7. The molecule has 6 aromatic rings. The Labute approximate surface area is 429 Å². The van der Waals surface area contributed by atoms with E-state index >= 15 is 0 Å². The zero-order valence-electron chi connectivity index (χ0n) is 42.7. The molecule has 0 spiro atoms. The number of hydrogen-bond acceptors (Lipinski definition) is 14. The number of carbonyl (C=O) groups is 1. The molecule has 0 bridgehead atoms. The number of aromatic nitrogens is 2. The number of nitrogens with one attached hydrogen (secondary N) is 1. The van der Waals surface area contributed by atoms with Gasteiger partial charge in [0.25, 0.3) is 0 Å². The van der Waals surface area contributed by atoms with Crippen LogP contribution in [0.3, 0.4) is 0 Å². The number of fused-ring (bicyclic) bond motifs is 4. The first kappa shape index (κ1) is 49.2. The number of benzene rings is 4. The van der Waals surface area contributed by atoms with Crippen LogP contribution in [-0.2, 0) is 37.1 Å². The van der Waals surface area contributed by atoms with Gasteiger partial charge in [0.05, 0.1) is 0 Å². The van der Waals surface area contributed by atoms with Gasteiger partial charge < -0.3 is 49.1 Å². The van der Waals surface area contributed by atoms with Gasteiger partial charge in [-0.05, 0) is 82.0 Å². The van der Waals surface area contributed by atoms with Gasteiger partial charge in [-0.2, -0.15) is 20.5 Å². The largest absolute Gasteiger partial charge is 0.475 e. The number of nitrogens with zero attached hydrogens (tertiary/aromatic N) is 11. The third-order valence-corrected chi connectivity index (χ3v) is 15.2. The van der Waals surface area contributed by atoms with E-state index in [0.29, 0.717) is 94.8 Å². The molecule has 4 aliphatic heterocycles. The molecule has 73 heavy (non-hydrogen) atoms. The Morgan fingerprint density at radius 2 is 1.25 bits per heavy atom. The minimum atomic E-state index is -0.0661. The normalized spacial score (nSPS) is 16.3. The summed E-state index contributed by atoms with van der Waals surface area (Å²) in [5.41, 5.74) is 8.64. The number of carbonyl (C=O) groups excluding carboxylic acids is 1. The standard InChI is InChI=1S/C58H66N12O3/c1-6-54(71)66-28-30-68(31-29-66)56-47-21-25-70(38-50(47)48(35-59)57(62-56)72-33-32-64(2)3)53-19-11-16-43-41(14-9-17-45(43)53)34-42(65(4)5)39-73-58-49(36-60)51-37-69(52-18-10-13-40-12-7-8-15-44(40)52)24-20-46(51)55(63-58)67-26-22-61-23-27-67/h6-19,42,61H,1,20-34,37-39H2,2-5H3. The van der Waals surface area contributed by atoms with Gasteiger partial charge in [0, 0.05) is 136 Å². The van der Waals surface area contributed by atoms with E-state index in [4.69, 9.17) is 19.4 Å². The summed E-state index contributed by atoms with van der Waals surface area (Å²) in [7, 11) is 8.17. The molecule has 376 valence electrons. The Morgan fingerprint density at radius 1 is 0.685 bits per heavy atom. The predicted molar refractivity (Wildman–Crippen MR) is 290 cm³/mol. The molecule has 10 rings (SSSR count). The molecule has 6 heterocycles. The van der Waals surface area contributed by atoms with Crippen molar-refractivity contribution in [1.29, 1.82) is 10.5 Å². The van der Waals surface area contributed by atoms with E-state index < -0.39 is 0 Å². The fourth-order valence-corrected chi connectivity index (χ4v) is 11.1. The van der Waals surface area contributed by atoms with Crippen molar-refractivity contribution in [3.63, 3.8) is 0 Å². The van der Waals surface area contributed by atoms with Gasteiger partial charge in [0.1, 0.15) is 48.1 Å². The van der Waals surface area contributed by atoms with Crippen molar-refractivity contribution in [3.05, 3.63) is 130 Å². The molecule has 2 aromatic heterocycles. The SMILES string of the molecule is C=CC(=O)N1CCN(c2nc(OCCN(C)C)c(C#N)c3c2CCN(c2cccc4c(CC(COc5nc(N6CCNCC6)c6c(c5C#N)CN(c5cccc7ccccc57)CC6)N(C)C)cccc24)C3)CC1. The quantitative estimate of drug-likeness (QED) is 0.114. The van der Waals surface area contributed by atoms with Gasteiger partial charge in [0.2, 0.25) is 17.7 Å². The van der Waals surface area contributed by atoms with Crippen LogP contribution in [-0.4, -0.2) is 150 Å². The maximum atomic E-state index is 12.5. The molecule has 0 aliphatic carbocycles. The predicted octanol–water partition coefficient (Wildman–Crippen LogP) is 6.39. The van der Waals surface area contributed by atoms with Crippen LogP contribution in [0.1, 0.15) is 38.9 Å². The minimum Gasteiger partial charge on any atom is -0.475 e. The van der Waals surface area contributed by atoms with Crippen molar-refractivity contribution < 1.29 is 14.3 Å². The summed E-state index contributed by atoms with van der Waals surface area (Å²) in [6.07, 6.45) is 3.56. The highest BCUT2D eigenvalue weighted by atomic mass is 16.5. The Morgan fingerprint density at radius 3 is 1.88 bits per heavy atom. The molecule has 0 saturated carbocycles. The van der Waals surface area contributed by atoms with E-state index in [0.717, 1.165) is 96.0 Å². The van der Waals surface area contributed by atoms with Crippen molar-refractivity contribution in [1.82, 2.24) is 30.0 Å². The lowest BCUT2D eigenvalue weighted by Crippen LogP contribution is -2.49. The first-order valence-corrected chi connectivity index (χ1v) is 25.7. The van der Waals surface area contributed by atoms with Crippen molar-refractivity contribution in [2.24, 2.45) is 0 Å². The lowest BCUT2D eigenvalue weighted by atomic mass is 9.93. The molecule has 0 radical (unpaired) electrons. The lowest BCUT2D eigenvalue weighted by molar-refractivity contribution is -0.126. The summed E-state index contributed by atoms with van der Waals surface area (Å²) in [6, 6.07) is 33.1. The van der Waals surface area contributed by atoms with E-state index in [1.807, 2.05) is 23.9 Å². The van der Waals surface area contributed by atoms with E-state index in [2.05, 4.69) is 141 Å². The monoisotopic (exact) mass is 979 g/mol. The molecule has 1 atom stereocenters. The molecule has 15 nitrogen and oxygen atoms in total. The number of anilines is 4. The highest BCUT2D eigenvalue weighted by Crippen LogP contribution is 2.41. The summed E-state index contributed by atoms with van der Waals surface area (Å²) in [5, 5.41) is 29.9. The van der Waals surface area contributed by atoms with Gasteiger partial charge >= 0.3 is 0 Å². The average molecular weight is 979 g/mol. The number of rotatable bonds is 15. The molecule has 1 amide bonds. The van der Waals surface area contributed by atoms with E-state index in [-0.39, 0.29) is 11.9 Å². The maximum absolute atomic E-state index is 12.5. The number of amides is 1. The van der Waals surface area contributed by atoms with Crippen LogP contribution in [0, 0.1) is 22.7 Å². The topological polar surface area (TPSA) is 144 Å². The summed E-state index contributed by atoms with van der Waals surface area (Å²) >= 11 is 0. The zero-order chi connectivity index (χ0) is 50.6. The fourth-order valence-electron chi connectivity index (χ4n) is 11.1. The second-order valence-corrected chi connectivity index (χ2v) is 20.0. The maximum Gasteiger partial charge on any atom is 0.246 e. The molecule has 1 unspecified atom stereocenters. The van der Waals surface area contributed by atoms with Crippen LogP contribution >= 0.6 is 0 Å².